The van der Waals surface area contributed by atoms with Crippen LogP contribution in [0.1, 0.15) is 6.92 Å². The van der Waals surface area contributed by atoms with E-state index < -0.39 is 0 Å². The van der Waals surface area contributed by atoms with Gasteiger partial charge in [-0.05, 0) is 35.0 Å². The zero-order valence-electron chi connectivity index (χ0n) is 8.75. The van der Waals surface area contributed by atoms with E-state index in [2.05, 4.69) is 15.9 Å². The molecule has 2 rings (SSSR count). The Bertz CT molecular complexity index is 361. The number of epoxide rings is 1. The van der Waals surface area contributed by atoms with Gasteiger partial charge in [-0.1, -0.05) is 6.07 Å². The highest BCUT2D eigenvalue weighted by Gasteiger charge is 2.40. The maximum atomic E-state index is 5.69. The molecule has 1 aliphatic rings. The van der Waals surface area contributed by atoms with Crippen LogP contribution in [0.2, 0.25) is 0 Å². The Morgan fingerprint density at radius 3 is 2.87 bits per heavy atom. The van der Waals surface area contributed by atoms with Crippen molar-refractivity contribution < 1.29 is 14.2 Å². The summed E-state index contributed by atoms with van der Waals surface area (Å²) in [6.07, 6.45) is 0. The van der Waals surface area contributed by atoms with Crippen LogP contribution in [-0.4, -0.2) is 25.9 Å². The normalized spacial score (nSPS) is 23.7. The van der Waals surface area contributed by atoms with E-state index in [0.29, 0.717) is 6.61 Å². The van der Waals surface area contributed by atoms with Crippen LogP contribution in [0.15, 0.2) is 22.7 Å². The van der Waals surface area contributed by atoms with Gasteiger partial charge in [-0.2, -0.15) is 0 Å². The van der Waals surface area contributed by atoms with Crippen LogP contribution in [-0.2, 0) is 4.74 Å². The van der Waals surface area contributed by atoms with Gasteiger partial charge in [0, 0.05) is 0 Å². The molecule has 1 aromatic carbocycles. The molecule has 3 nitrogen and oxygen atoms in total. The zero-order valence-corrected chi connectivity index (χ0v) is 10.3. The van der Waals surface area contributed by atoms with Crippen LogP contribution >= 0.6 is 15.9 Å². The first-order valence-corrected chi connectivity index (χ1v) is 5.53. The van der Waals surface area contributed by atoms with Gasteiger partial charge >= 0.3 is 0 Å². The Labute approximate surface area is 97.5 Å². The summed E-state index contributed by atoms with van der Waals surface area (Å²) >= 11 is 3.43. The van der Waals surface area contributed by atoms with Gasteiger partial charge in [0.15, 0.2) is 11.5 Å². The molecule has 0 bridgehead atoms. The van der Waals surface area contributed by atoms with Crippen molar-refractivity contribution in [3.05, 3.63) is 22.7 Å². The summed E-state index contributed by atoms with van der Waals surface area (Å²) in [5, 5.41) is 0. The SMILES string of the molecule is COc1cccc(Br)c1OCC1(C)CO1. The van der Waals surface area contributed by atoms with E-state index in [4.69, 9.17) is 14.2 Å². The molecule has 0 amide bonds. The Morgan fingerprint density at radius 1 is 1.53 bits per heavy atom. The number of hydrogen-bond donors (Lipinski definition) is 0. The van der Waals surface area contributed by atoms with Gasteiger partial charge in [0.05, 0.1) is 18.2 Å². The van der Waals surface area contributed by atoms with Gasteiger partial charge in [-0.15, -0.1) is 0 Å². The Hall–Kier alpha value is -0.740. The summed E-state index contributed by atoms with van der Waals surface area (Å²) in [6.45, 7) is 3.34. The maximum Gasteiger partial charge on any atom is 0.175 e. The molecule has 0 N–H and O–H groups in total. The number of rotatable bonds is 4. The molecular formula is C11H13BrO3. The third-order valence-corrected chi connectivity index (χ3v) is 2.93. The third-order valence-electron chi connectivity index (χ3n) is 2.31. The second-order valence-electron chi connectivity index (χ2n) is 3.80. The molecule has 1 atom stereocenters. The Morgan fingerprint density at radius 2 is 2.27 bits per heavy atom. The zero-order chi connectivity index (χ0) is 10.9. The first-order chi connectivity index (χ1) is 7.14. The Balaban J connectivity index is 2.11. The first kappa shape index (κ1) is 10.8. The van der Waals surface area contributed by atoms with Crippen LogP contribution in [0.5, 0.6) is 11.5 Å². The van der Waals surface area contributed by atoms with E-state index in [9.17, 15) is 0 Å². The molecule has 0 aliphatic carbocycles. The molecule has 1 saturated heterocycles. The second kappa shape index (κ2) is 4.02. The molecule has 0 radical (unpaired) electrons. The van der Waals surface area contributed by atoms with Crippen molar-refractivity contribution in [2.75, 3.05) is 20.3 Å². The summed E-state index contributed by atoms with van der Waals surface area (Å²) in [6, 6.07) is 5.70. The molecule has 0 saturated carbocycles. The van der Waals surface area contributed by atoms with Gasteiger partial charge in [0.1, 0.15) is 12.2 Å². The van der Waals surface area contributed by atoms with Crippen LogP contribution in [0.4, 0.5) is 0 Å². The predicted octanol–water partition coefficient (Wildman–Crippen LogP) is 2.63. The summed E-state index contributed by atoms with van der Waals surface area (Å²) < 4.78 is 17.0. The monoisotopic (exact) mass is 272 g/mol. The lowest BCUT2D eigenvalue weighted by Gasteiger charge is -2.13. The summed E-state index contributed by atoms with van der Waals surface area (Å²) in [7, 11) is 1.63. The minimum absolute atomic E-state index is 0.111. The highest BCUT2D eigenvalue weighted by Crippen LogP contribution is 2.36. The highest BCUT2D eigenvalue weighted by atomic mass is 79.9. The molecule has 1 fully saturated rings. The van der Waals surface area contributed by atoms with Crippen LogP contribution in [0.3, 0.4) is 0 Å². The number of hydrogen-bond acceptors (Lipinski definition) is 3. The van der Waals surface area contributed by atoms with Crippen molar-refractivity contribution in [1.29, 1.82) is 0 Å². The fraction of sp³-hybridized carbons (Fsp3) is 0.455. The van der Waals surface area contributed by atoms with E-state index in [0.717, 1.165) is 22.6 Å². The van der Waals surface area contributed by atoms with Gasteiger partial charge in [0.25, 0.3) is 0 Å². The van der Waals surface area contributed by atoms with Gasteiger partial charge in [-0.25, -0.2) is 0 Å². The van der Waals surface area contributed by atoms with E-state index in [1.165, 1.54) is 0 Å². The molecule has 0 aromatic heterocycles. The van der Waals surface area contributed by atoms with E-state index in [1.54, 1.807) is 7.11 Å². The predicted molar refractivity (Wildman–Crippen MR) is 60.5 cm³/mol. The topological polar surface area (TPSA) is 31.0 Å². The summed E-state index contributed by atoms with van der Waals surface area (Å²) in [5.41, 5.74) is -0.111. The van der Waals surface area contributed by atoms with E-state index in [1.807, 2.05) is 25.1 Å². The number of ether oxygens (including phenoxy) is 3. The Kier molecular flexibility index (Phi) is 2.89. The molecule has 1 aliphatic heterocycles. The molecule has 4 heteroatoms. The standard InChI is InChI=1S/C11H13BrO3/c1-11(7-15-11)6-14-10-8(12)4-3-5-9(10)13-2/h3-5H,6-7H2,1-2H3. The van der Waals surface area contributed by atoms with Crippen molar-refractivity contribution in [2.45, 2.75) is 12.5 Å². The number of methoxy groups -OCH3 is 1. The van der Waals surface area contributed by atoms with Crippen molar-refractivity contribution >= 4 is 15.9 Å². The average Bonchev–Trinajstić information content (AvgIpc) is 2.95. The third kappa shape index (κ3) is 2.44. The smallest absolute Gasteiger partial charge is 0.175 e. The first-order valence-electron chi connectivity index (χ1n) is 4.74. The highest BCUT2D eigenvalue weighted by molar-refractivity contribution is 9.10. The van der Waals surface area contributed by atoms with Crippen molar-refractivity contribution in [1.82, 2.24) is 0 Å². The molecular weight excluding hydrogens is 260 g/mol. The average molecular weight is 273 g/mol. The maximum absolute atomic E-state index is 5.69. The van der Waals surface area contributed by atoms with Gasteiger partial charge < -0.3 is 14.2 Å². The molecule has 0 spiro atoms. The van der Waals surface area contributed by atoms with Crippen molar-refractivity contribution in [2.24, 2.45) is 0 Å². The van der Waals surface area contributed by atoms with Crippen molar-refractivity contribution in [3.63, 3.8) is 0 Å². The molecule has 15 heavy (non-hydrogen) atoms. The lowest BCUT2D eigenvalue weighted by Crippen LogP contribution is -2.17. The van der Waals surface area contributed by atoms with E-state index in [-0.39, 0.29) is 5.60 Å². The van der Waals surface area contributed by atoms with E-state index >= 15 is 0 Å². The second-order valence-corrected chi connectivity index (χ2v) is 4.65. The number of halogens is 1. The fourth-order valence-electron chi connectivity index (χ4n) is 1.22. The molecule has 1 aromatic rings. The van der Waals surface area contributed by atoms with Gasteiger partial charge in [-0.3, -0.25) is 0 Å². The molecule has 82 valence electrons. The molecule has 1 unspecified atom stereocenters. The van der Waals surface area contributed by atoms with Crippen LogP contribution in [0.25, 0.3) is 0 Å². The van der Waals surface area contributed by atoms with Crippen LogP contribution < -0.4 is 9.47 Å². The lowest BCUT2D eigenvalue weighted by molar-refractivity contribution is 0.196. The van der Waals surface area contributed by atoms with Crippen molar-refractivity contribution in [3.8, 4) is 11.5 Å². The number of benzene rings is 1. The minimum Gasteiger partial charge on any atom is -0.493 e. The molecule has 1 heterocycles. The largest absolute Gasteiger partial charge is 0.493 e. The van der Waals surface area contributed by atoms with Crippen LogP contribution in [0, 0.1) is 0 Å². The minimum atomic E-state index is -0.111. The lowest BCUT2D eigenvalue weighted by atomic mass is 10.2. The van der Waals surface area contributed by atoms with Gasteiger partial charge in [0.2, 0.25) is 0 Å². The summed E-state index contributed by atoms with van der Waals surface area (Å²) in [4.78, 5) is 0. The fourth-order valence-corrected chi connectivity index (χ4v) is 1.68. The summed E-state index contributed by atoms with van der Waals surface area (Å²) in [5.74, 6) is 1.46. The number of para-hydroxylation sites is 1. The quantitative estimate of drug-likeness (QED) is 0.790.